The van der Waals surface area contributed by atoms with Crippen LogP contribution in [0.3, 0.4) is 0 Å². The minimum absolute atomic E-state index is 0.109. The second kappa shape index (κ2) is 7.23. The zero-order chi connectivity index (χ0) is 21.9. The molecule has 0 unspecified atom stereocenters. The van der Waals surface area contributed by atoms with Gasteiger partial charge in [0.2, 0.25) is 5.89 Å². The number of benzene rings is 1. The summed E-state index contributed by atoms with van der Waals surface area (Å²) in [6, 6.07) is 12.1. The van der Waals surface area contributed by atoms with Crippen LogP contribution in [-0.2, 0) is 17.4 Å². The van der Waals surface area contributed by atoms with Crippen LogP contribution < -0.4 is 4.74 Å². The van der Waals surface area contributed by atoms with Crippen LogP contribution in [0, 0.1) is 17.8 Å². The normalized spacial score (nSPS) is 28.9. The molecular formula is C27H32N2O3. The van der Waals surface area contributed by atoms with Crippen molar-refractivity contribution in [3.63, 3.8) is 0 Å². The lowest BCUT2D eigenvalue weighted by Crippen LogP contribution is -2.48. The van der Waals surface area contributed by atoms with E-state index in [1.807, 2.05) is 24.3 Å². The Bertz CT molecular complexity index is 1070. The highest BCUT2D eigenvalue weighted by Gasteiger charge is 2.54. The van der Waals surface area contributed by atoms with Crippen LogP contribution in [0.2, 0.25) is 0 Å². The summed E-state index contributed by atoms with van der Waals surface area (Å²) in [5.41, 5.74) is 1.53. The second-order valence-electron chi connectivity index (χ2n) is 11.4. The standard InChI is InChI=1S/C27H32N2O3/c1-26(2,3)20-4-6-21(7-5-20)30-16-22-8-9-23(31-22)24-28-29-25(32-24)27-13-17-10-18(14-27)12-19(11-17)15-27/h4-9,17-19H,10-16H2,1-3H3. The highest BCUT2D eigenvalue weighted by Crippen LogP contribution is 2.60. The Morgan fingerprint density at radius 1 is 0.875 bits per heavy atom. The first-order valence-corrected chi connectivity index (χ1v) is 12.0. The van der Waals surface area contributed by atoms with Crippen molar-refractivity contribution in [2.75, 3.05) is 0 Å². The van der Waals surface area contributed by atoms with Gasteiger partial charge in [0.15, 0.2) is 5.76 Å². The van der Waals surface area contributed by atoms with Gasteiger partial charge < -0.3 is 13.6 Å². The number of ether oxygens (including phenoxy) is 1. The number of aromatic nitrogens is 2. The number of nitrogens with zero attached hydrogens (tertiary/aromatic N) is 2. The highest BCUT2D eigenvalue weighted by atomic mass is 16.5. The molecule has 5 nitrogen and oxygen atoms in total. The summed E-state index contributed by atoms with van der Waals surface area (Å²) in [5.74, 6) is 6.06. The van der Waals surface area contributed by atoms with E-state index in [0.29, 0.717) is 18.3 Å². The Labute approximate surface area is 189 Å². The van der Waals surface area contributed by atoms with Crippen molar-refractivity contribution in [3.8, 4) is 17.4 Å². The zero-order valence-corrected chi connectivity index (χ0v) is 19.3. The van der Waals surface area contributed by atoms with E-state index in [-0.39, 0.29) is 10.8 Å². The monoisotopic (exact) mass is 432 g/mol. The number of hydrogen-bond acceptors (Lipinski definition) is 5. The van der Waals surface area contributed by atoms with Gasteiger partial charge >= 0.3 is 0 Å². The van der Waals surface area contributed by atoms with Crippen molar-refractivity contribution in [1.82, 2.24) is 10.2 Å². The molecule has 0 N–H and O–H groups in total. The van der Waals surface area contributed by atoms with Crippen LogP contribution in [0.1, 0.15) is 76.5 Å². The van der Waals surface area contributed by atoms with Crippen LogP contribution in [-0.4, -0.2) is 10.2 Å². The molecule has 5 heteroatoms. The Kier molecular flexibility index (Phi) is 4.53. The summed E-state index contributed by atoms with van der Waals surface area (Å²) in [7, 11) is 0. The molecule has 4 bridgehead atoms. The van der Waals surface area contributed by atoms with Gasteiger partial charge in [-0.2, -0.15) is 0 Å². The van der Waals surface area contributed by atoms with Gasteiger partial charge in [0.1, 0.15) is 18.1 Å². The van der Waals surface area contributed by atoms with E-state index in [2.05, 4.69) is 43.1 Å². The van der Waals surface area contributed by atoms with Crippen molar-refractivity contribution in [3.05, 3.63) is 53.6 Å². The molecule has 4 aliphatic carbocycles. The van der Waals surface area contributed by atoms with E-state index in [1.54, 1.807) is 0 Å². The van der Waals surface area contributed by atoms with Gasteiger partial charge in [-0.3, -0.25) is 0 Å². The Balaban J connectivity index is 1.14. The third-order valence-corrected chi connectivity index (χ3v) is 7.89. The van der Waals surface area contributed by atoms with Gasteiger partial charge in [-0.05, 0) is 91.5 Å². The predicted octanol–water partition coefficient (Wildman–Crippen LogP) is 6.67. The van der Waals surface area contributed by atoms with Crippen molar-refractivity contribution >= 4 is 0 Å². The fraction of sp³-hybridized carbons (Fsp3) is 0.556. The molecule has 0 radical (unpaired) electrons. The molecule has 1 aromatic carbocycles. The van der Waals surface area contributed by atoms with Gasteiger partial charge in [-0.15, -0.1) is 10.2 Å². The van der Waals surface area contributed by atoms with Gasteiger partial charge in [-0.1, -0.05) is 32.9 Å². The lowest BCUT2D eigenvalue weighted by Gasteiger charge is -2.55. The number of furan rings is 1. The van der Waals surface area contributed by atoms with Crippen molar-refractivity contribution in [2.45, 2.75) is 76.7 Å². The minimum Gasteiger partial charge on any atom is -0.486 e. The average Bonchev–Trinajstić information content (AvgIpc) is 3.41. The van der Waals surface area contributed by atoms with Gasteiger partial charge in [0.25, 0.3) is 5.89 Å². The summed E-state index contributed by atoms with van der Waals surface area (Å²) < 4.78 is 18.1. The van der Waals surface area contributed by atoms with E-state index in [0.717, 1.165) is 35.2 Å². The SMILES string of the molecule is CC(C)(C)c1ccc(OCc2ccc(-c3nnc(C45CC6CC(CC(C6)C4)C5)o3)o2)cc1. The largest absolute Gasteiger partial charge is 0.486 e. The minimum atomic E-state index is 0.109. The summed E-state index contributed by atoms with van der Waals surface area (Å²) in [6.07, 6.45) is 7.85. The fourth-order valence-electron chi connectivity index (χ4n) is 6.69. The van der Waals surface area contributed by atoms with Gasteiger partial charge in [0.05, 0.1) is 0 Å². The Hall–Kier alpha value is -2.56. The average molecular weight is 433 g/mol. The first kappa shape index (κ1) is 20.1. The second-order valence-corrected chi connectivity index (χ2v) is 11.4. The molecule has 7 rings (SSSR count). The maximum Gasteiger partial charge on any atom is 0.283 e. The molecule has 0 spiro atoms. The summed E-state index contributed by atoms with van der Waals surface area (Å²) in [5, 5.41) is 8.86. The van der Waals surface area contributed by atoms with E-state index in [9.17, 15) is 0 Å². The first-order chi connectivity index (χ1) is 15.4. The topological polar surface area (TPSA) is 61.3 Å². The van der Waals surface area contributed by atoms with Crippen LogP contribution in [0.4, 0.5) is 0 Å². The first-order valence-electron chi connectivity index (χ1n) is 12.0. The van der Waals surface area contributed by atoms with E-state index in [1.165, 1.54) is 44.1 Å². The zero-order valence-electron chi connectivity index (χ0n) is 19.3. The molecule has 0 atom stereocenters. The van der Waals surface area contributed by atoms with E-state index < -0.39 is 0 Å². The predicted molar refractivity (Wildman–Crippen MR) is 121 cm³/mol. The lowest BCUT2D eigenvalue weighted by molar-refractivity contribution is -0.0176. The molecule has 32 heavy (non-hydrogen) atoms. The smallest absolute Gasteiger partial charge is 0.283 e. The molecule has 2 heterocycles. The maximum atomic E-state index is 6.22. The molecule has 0 aliphatic heterocycles. The fourth-order valence-corrected chi connectivity index (χ4v) is 6.69. The Morgan fingerprint density at radius 3 is 2.16 bits per heavy atom. The number of rotatable bonds is 5. The molecule has 4 aliphatic rings. The molecule has 3 aromatic rings. The molecule has 2 aromatic heterocycles. The molecule has 0 amide bonds. The highest BCUT2D eigenvalue weighted by molar-refractivity contribution is 5.44. The molecular weight excluding hydrogens is 400 g/mol. The van der Waals surface area contributed by atoms with Crippen LogP contribution >= 0.6 is 0 Å². The maximum absolute atomic E-state index is 6.22. The van der Waals surface area contributed by atoms with Crippen LogP contribution in [0.15, 0.2) is 45.2 Å². The summed E-state index contributed by atoms with van der Waals surface area (Å²) in [6.45, 7) is 6.99. The van der Waals surface area contributed by atoms with Gasteiger partial charge in [-0.25, -0.2) is 0 Å². The van der Waals surface area contributed by atoms with Crippen molar-refractivity contribution in [2.24, 2.45) is 17.8 Å². The van der Waals surface area contributed by atoms with Crippen molar-refractivity contribution in [1.29, 1.82) is 0 Å². The van der Waals surface area contributed by atoms with E-state index >= 15 is 0 Å². The number of hydrogen-bond donors (Lipinski definition) is 0. The lowest BCUT2D eigenvalue weighted by atomic mass is 9.49. The summed E-state index contributed by atoms with van der Waals surface area (Å²) >= 11 is 0. The molecule has 4 saturated carbocycles. The van der Waals surface area contributed by atoms with Crippen LogP contribution in [0.5, 0.6) is 5.75 Å². The van der Waals surface area contributed by atoms with Gasteiger partial charge in [0, 0.05) is 5.41 Å². The molecule has 4 fully saturated rings. The molecule has 0 saturated heterocycles. The Morgan fingerprint density at radius 2 is 1.53 bits per heavy atom. The third-order valence-electron chi connectivity index (χ3n) is 7.89. The summed E-state index contributed by atoms with van der Waals surface area (Å²) in [4.78, 5) is 0. The quantitative estimate of drug-likeness (QED) is 0.450. The van der Waals surface area contributed by atoms with Crippen LogP contribution in [0.25, 0.3) is 11.7 Å². The third kappa shape index (κ3) is 3.56. The van der Waals surface area contributed by atoms with E-state index in [4.69, 9.17) is 13.6 Å². The molecule has 168 valence electrons. The van der Waals surface area contributed by atoms with Crippen molar-refractivity contribution < 1.29 is 13.6 Å².